The molecule has 0 aliphatic carbocycles. The zero-order valence-corrected chi connectivity index (χ0v) is 37.6. The number of hydrogen-bond acceptors (Lipinski definition) is 5. The Morgan fingerprint density at radius 1 is 0.424 bits per heavy atom. The maximum atomic E-state index is 13.5. The SMILES string of the molecule is C=CCCCCCCCCCOc1ccc(-c2ccc(OC(=O)c3cc(OCCCCCCCCCCCC)cc(OCCCCCCCCCCCC)c3)cc2)cc1. The van der Waals surface area contributed by atoms with Crippen molar-refractivity contribution in [3.05, 3.63) is 84.9 Å². The smallest absolute Gasteiger partial charge is 0.343 e. The molecule has 0 fully saturated rings. The molecule has 0 aliphatic rings. The van der Waals surface area contributed by atoms with Gasteiger partial charge in [0.15, 0.2) is 0 Å². The van der Waals surface area contributed by atoms with Crippen molar-refractivity contribution >= 4 is 5.97 Å². The summed E-state index contributed by atoms with van der Waals surface area (Å²) in [7, 11) is 0. The predicted molar refractivity (Wildman–Crippen MR) is 251 cm³/mol. The van der Waals surface area contributed by atoms with Gasteiger partial charge < -0.3 is 18.9 Å². The molecule has 0 amide bonds. The second-order valence-electron chi connectivity index (χ2n) is 16.6. The molecule has 0 radical (unpaired) electrons. The van der Waals surface area contributed by atoms with Crippen LogP contribution in [-0.2, 0) is 0 Å². The average molecular weight is 811 g/mol. The number of esters is 1. The topological polar surface area (TPSA) is 54.0 Å². The van der Waals surface area contributed by atoms with E-state index in [-0.39, 0.29) is 0 Å². The van der Waals surface area contributed by atoms with Crippen molar-refractivity contribution in [1.82, 2.24) is 0 Å². The van der Waals surface area contributed by atoms with Crippen LogP contribution in [0.25, 0.3) is 11.1 Å². The minimum atomic E-state index is -0.420. The van der Waals surface area contributed by atoms with Gasteiger partial charge in [-0.3, -0.25) is 0 Å². The Hall–Kier alpha value is -3.73. The summed E-state index contributed by atoms with van der Waals surface area (Å²) >= 11 is 0. The quantitative estimate of drug-likeness (QED) is 0.0250. The summed E-state index contributed by atoms with van der Waals surface area (Å²) in [5.41, 5.74) is 2.57. The first kappa shape index (κ1) is 49.6. The fourth-order valence-electron chi connectivity index (χ4n) is 7.50. The van der Waals surface area contributed by atoms with Crippen LogP contribution in [0.4, 0.5) is 0 Å². The molecular weight excluding hydrogens is 729 g/mol. The Morgan fingerprint density at radius 2 is 0.763 bits per heavy atom. The summed E-state index contributed by atoms with van der Waals surface area (Å²) < 4.78 is 24.3. The number of hydrogen-bond donors (Lipinski definition) is 0. The Morgan fingerprint density at radius 3 is 1.15 bits per heavy atom. The van der Waals surface area contributed by atoms with E-state index in [9.17, 15) is 4.79 Å². The number of carbonyl (C=O) groups excluding carboxylic acids is 1. The summed E-state index contributed by atoms with van der Waals surface area (Å²) in [4.78, 5) is 13.5. The highest BCUT2D eigenvalue weighted by molar-refractivity contribution is 5.92. The van der Waals surface area contributed by atoms with E-state index in [0.29, 0.717) is 36.0 Å². The molecule has 0 saturated heterocycles. The molecule has 0 saturated carbocycles. The minimum absolute atomic E-state index is 0.420. The number of rotatable bonds is 38. The van der Waals surface area contributed by atoms with Crippen molar-refractivity contribution in [3.63, 3.8) is 0 Å². The molecule has 0 spiro atoms. The van der Waals surface area contributed by atoms with Gasteiger partial charge in [0.25, 0.3) is 0 Å². The lowest BCUT2D eigenvalue weighted by Gasteiger charge is -2.13. The largest absolute Gasteiger partial charge is 0.494 e. The zero-order valence-electron chi connectivity index (χ0n) is 37.6. The molecule has 0 aromatic heterocycles. The van der Waals surface area contributed by atoms with Crippen molar-refractivity contribution in [2.45, 2.75) is 194 Å². The molecule has 0 atom stereocenters. The van der Waals surface area contributed by atoms with Crippen LogP contribution in [0.1, 0.15) is 204 Å². The van der Waals surface area contributed by atoms with Crippen LogP contribution in [0.5, 0.6) is 23.0 Å². The molecular formula is C54H82O5. The van der Waals surface area contributed by atoms with Gasteiger partial charge in [-0.1, -0.05) is 192 Å². The first-order valence-electron chi connectivity index (χ1n) is 24.2. The molecule has 59 heavy (non-hydrogen) atoms. The van der Waals surface area contributed by atoms with Gasteiger partial charge in [-0.05, 0) is 79.6 Å². The van der Waals surface area contributed by atoms with Crippen molar-refractivity contribution in [2.75, 3.05) is 19.8 Å². The van der Waals surface area contributed by atoms with Crippen molar-refractivity contribution < 1.29 is 23.7 Å². The highest BCUT2D eigenvalue weighted by atomic mass is 16.5. The van der Waals surface area contributed by atoms with E-state index >= 15 is 0 Å². The third-order valence-corrected chi connectivity index (χ3v) is 11.2. The number of ether oxygens (including phenoxy) is 4. The van der Waals surface area contributed by atoms with Gasteiger partial charge in [-0.2, -0.15) is 0 Å². The number of allylic oxidation sites excluding steroid dienone is 1. The van der Waals surface area contributed by atoms with Crippen molar-refractivity contribution in [1.29, 1.82) is 0 Å². The summed E-state index contributed by atoms with van der Waals surface area (Å²) in [6.07, 6.45) is 37.5. The van der Waals surface area contributed by atoms with Gasteiger partial charge in [-0.25, -0.2) is 4.79 Å². The van der Waals surface area contributed by atoms with Crippen LogP contribution < -0.4 is 18.9 Å². The van der Waals surface area contributed by atoms with Crippen LogP contribution in [0, 0.1) is 0 Å². The van der Waals surface area contributed by atoms with E-state index in [1.165, 1.54) is 141 Å². The van der Waals surface area contributed by atoms with Crippen LogP contribution in [0.2, 0.25) is 0 Å². The third-order valence-electron chi connectivity index (χ3n) is 11.2. The minimum Gasteiger partial charge on any atom is -0.494 e. The van der Waals surface area contributed by atoms with Gasteiger partial charge in [-0.15, -0.1) is 6.58 Å². The monoisotopic (exact) mass is 811 g/mol. The molecule has 5 heteroatoms. The molecule has 0 unspecified atom stereocenters. The first-order valence-corrected chi connectivity index (χ1v) is 24.2. The Kier molecular flexibility index (Phi) is 28.6. The fourth-order valence-corrected chi connectivity index (χ4v) is 7.50. The normalized spacial score (nSPS) is 11.1. The van der Waals surface area contributed by atoms with E-state index in [1.807, 2.05) is 48.5 Å². The molecule has 328 valence electrons. The van der Waals surface area contributed by atoms with E-state index in [2.05, 4.69) is 32.6 Å². The Balaban J connectivity index is 1.46. The van der Waals surface area contributed by atoms with E-state index in [4.69, 9.17) is 18.9 Å². The fraction of sp³-hybridized carbons (Fsp3) is 0.611. The van der Waals surface area contributed by atoms with Crippen molar-refractivity contribution in [3.8, 4) is 34.1 Å². The molecule has 0 aliphatic heterocycles. The van der Waals surface area contributed by atoms with Crippen LogP contribution >= 0.6 is 0 Å². The molecule has 3 aromatic rings. The Labute approximate surface area is 361 Å². The van der Waals surface area contributed by atoms with Crippen LogP contribution in [0.15, 0.2) is 79.4 Å². The molecule has 3 aromatic carbocycles. The molecule has 0 N–H and O–H groups in total. The van der Waals surface area contributed by atoms with E-state index in [0.717, 1.165) is 62.0 Å². The molecule has 5 nitrogen and oxygen atoms in total. The zero-order chi connectivity index (χ0) is 41.9. The summed E-state index contributed by atoms with van der Waals surface area (Å²) in [5.74, 6) is 2.28. The predicted octanol–water partition coefficient (Wildman–Crippen LogP) is 16.9. The van der Waals surface area contributed by atoms with Crippen LogP contribution in [-0.4, -0.2) is 25.8 Å². The van der Waals surface area contributed by atoms with Gasteiger partial charge >= 0.3 is 5.97 Å². The van der Waals surface area contributed by atoms with Gasteiger partial charge in [0.1, 0.15) is 23.0 Å². The lowest BCUT2D eigenvalue weighted by molar-refractivity contribution is 0.0733. The molecule has 0 heterocycles. The lowest BCUT2D eigenvalue weighted by atomic mass is 10.1. The summed E-state index contributed by atoms with van der Waals surface area (Å²) in [6, 6.07) is 21.4. The first-order chi connectivity index (χ1) is 29.1. The highest BCUT2D eigenvalue weighted by Gasteiger charge is 2.14. The third kappa shape index (κ3) is 24.2. The average Bonchev–Trinajstić information content (AvgIpc) is 3.26. The molecule has 0 bridgehead atoms. The van der Waals surface area contributed by atoms with Crippen molar-refractivity contribution in [2.24, 2.45) is 0 Å². The lowest BCUT2D eigenvalue weighted by Crippen LogP contribution is -2.10. The maximum Gasteiger partial charge on any atom is 0.343 e. The standard InChI is InChI=1S/C54H82O5/c1-4-7-10-13-16-19-22-25-28-31-42-57-52-44-49(45-53(46-52)58-43-32-29-26-23-20-17-14-11-8-5-2)54(55)59-51-39-35-48(36-40-51)47-33-37-50(38-34-47)56-41-30-27-24-21-18-15-12-9-6-3/h6,33-40,44-46H,3-5,7-32,41-43H2,1-2H3. The maximum absolute atomic E-state index is 13.5. The number of benzene rings is 3. The number of unbranched alkanes of at least 4 members (excludes halogenated alkanes) is 25. The highest BCUT2D eigenvalue weighted by Crippen LogP contribution is 2.28. The molecule has 3 rings (SSSR count). The second kappa shape index (κ2) is 34.0. The van der Waals surface area contributed by atoms with Gasteiger partial charge in [0.2, 0.25) is 0 Å². The van der Waals surface area contributed by atoms with Gasteiger partial charge in [0, 0.05) is 6.07 Å². The number of carbonyl (C=O) groups is 1. The second-order valence-corrected chi connectivity index (χ2v) is 16.6. The van der Waals surface area contributed by atoms with E-state index in [1.54, 1.807) is 12.1 Å². The van der Waals surface area contributed by atoms with Crippen LogP contribution in [0.3, 0.4) is 0 Å². The summed E-state index contributed by atoms with van der Waals surface area (Å²) in [5, 5.41) is 0. The van der Waals surface area contributed by atoms with Gasteiger partial charge in [0.05, 0.1) is 25.4 Å². The Bertz CT molecular complexity index is 1420. The summed E-state index contributed by atoms with van der Waals surface area (Å²) in [6.45, 7) is 10.3. The van der Waals surface area contributed by atoms with E-state index < -0.39 is 5.97 Å².